The molecule has 2 bridgehead atoms. The van der Waals surface area contributed by atoms with Gasteiger partial charge in [0.25, 0.3) is 6.47 Å². The minimum absolute atomic E-state index is 0.0433. The Kier molecular flexibility index (Phi) is 6.06. The fourth-order valence-corrected chi connectivity index (χ4v) is 3.82. The van der Waals surface area contributed by atoms with Crippen molar-refractivity contribution in [1.29, 1.82) is 0 Å². The number of nitrogens with zero attached hydrogens (tertiary/aromatic N) is 2. The fraction of sp³-hybridized carbons (Fsp3) is 0.381. The number of amides is 2. The van der Waals surface area contributed by atoms with E-state index in [2.05, 4.69) is 22.0 Å². The molecule has 0 radical (unpaired) electrons. The normalized spacial score (nSPS) is 19.9. The van der Waals surface area contributed by atoms with Crippen molar-refractivity contribution in [2.24, 2.45) is 0 Å². The lowest BCUT2D eigenvalue weighted by Gasteiger charge is -2.52. The molecular weight excluding hydrogens is 342 g/mol. The number of hydrogen-bond acceptors (Lipinski definition) is 4. The highest BCUT2D eigenvalue weighted by Crippen LogP contribution is 2.38. The lowest BCUT2D eigenvalue weighted by atomic mass is 9.80. The van der Waals surface area contributed by atoms with E-state index in [1.54, 1.807) is 6.20 Å². The van der Waals surface area contributed by atoms with Gasteiger partial charge in [-0.15, -0.1) is 0 Å². The first-order valence-electron chi connectivity index (χ1n) is 9.22. The van der Waals surface area contributed by atoms with Crippen molar-refractivity contribution < 1.29 is 14.3 Å². The molecule has 27 heavy (non-hydrogen) atoms. The largest absolute Gasteiger partial charge is 0.471 e. The second-order valence-corrected chi connectivity index (χ2v) is 6.89. The van der Waals surface area contributed by atoms with Crippen LogP contribution in [0.4, 0.5) is 10.5 Å². The second kappa shape index (κ2) is 8.66. The molecule has 0 aliphatic carbocycles. The number of rotatable bonds is 3. The summed E-state index contributed by atoms with van der Waals surface area (Å²) in [6.45, 7) is 2.44. The minimum Gasteiger partial charge on any atom is -0.471 e. The Labute approximate surface area is 159 Å². The van der Waals surface area contributed by atoms with Crippen LogP contribution in [-0.4, -0.2) is 41.6 Å². The highest BCUT2D eigenvalue weighted by atomic mass is 16.5. The van der Waals surface area contributed by atoms with Crippen molar-refractivity contribution in [3.05, 3.63) is 48.2 Å². The number of carbonyl (C=O) groups excluding carboxylic acids is 2. The number of anilines is 1. The third-order valence-electron chi connectivity index (χ3n) is 5.17. The zero-order valence-corrected chi connectivity index (χ0v) is 15.7. The molecule has 2 aliphatic rings. The van der Waals surface area contributed by atoms with Crippen LogP contribution in [0.3, 0.4) is 0 Å². The predicted octanol–water partition coefficient (Wildman–Crippen LogP) is 4.00. The lowest BCUT2D eigenvalue weighted by Crippen LogP contribution is -2.62. The van der Waals surface area contributed by atoms with Gasteiger partial charge in [0.05, 0.1) is 12.8 Å². The summed E-state index contributed by atoms with van der Waals surface area (Å²) in [6, 6.07) is 12.9. The molecule has 3 heterocycles. The van der Waals surface area contributed by atoms with Crippen LogP contribution in [0.5, 0.6) is 0 Å². The summed E-state index contributed by atoms with van der Waals surface area (Å²) in [5.41, 5.74) is 3.99. The summed E-state index contributed by atoms with van der Waals surface area (Å²) >= 11 is 0. The van der Waals surface area contributed by atoms with Gasteiger partial charge in [-0.25, -0.2) is 4.79 Å². The predicted molar refractivity (Wildman–Crippen MR) is 104 cm³/mol. The average molecular weight is 367 g/mol. The van der Waals surface area contributed by atoms with Gasteiger partial charge in [0.15, 0.2) is 0 Å². The van der Waals surface area contributed by atoms with Gasteiger partial charge in [0.2, 0.25) is 0 Å². The van der Waals surface area contributed by atoms with Crippen LogP contribution in [0.2, 0.25) is 0 Å². The topological polar surface area (TPSA) is 71.5 Å². The molecule has 2 saturated heterocycles. The summed E-state index contributed by atoms with van der Waals surface area (Å²) in [4.78, 5) is 27.9. The van der Waals surface area contributed by atoms with E-state index in [-0.39, 0.29) is 6.03 Å². The van der Waals surface area contributed by atoms with Gasteiger partial charge in [-0.3, -0.25) is 9.78 Å². The smallest absolute Gasteiger partial charge is 0.322 e. The fourth-order valence-electron chi connectivity index (χ4n) is 3.82. The van der Waals surface area contributed by atoms with Crippen LogP contribution < -0.4 is 5.32 Å². The molecule has 142 valence electrons. The SMILES string of the molecule is COC=O.Cc1ccc(NC(=O)N2[C@@H]3CCC[C@H]2C3)cc1-c1ccccn1. The maximum atomic E-state index is 12.5. The van der Waals surface area contributed by atoms with E-state index in [0.29, 0.717) is 18.6 Å². The van der Waals surface area contributed by atoms with Gasteiger partial charge in [0.1, 0.15) is 0 Å². The Morgan fingerprint density at radius 1 is 1.26 bits per heavy atom. The van der Waals surface area contributed by atoms with Crippen LogP contribution >= 0.6 is 0 Å². The van der Waals surface area contributed by atoms with Gasteiger partial charge in [0, 0.05) is 29.5 Å². The van der Waals surface area contributed by atoms with E-state index in [9.17, 15) is 4.79 Å². The summed E-state index contributed by atoms with van der Waals surface area (Å²) < 4.78 is 3.86. The van der Waals surface area contributed by atoms with E-state index < -0.39 is 0 Å². The lowest BCUT2D eigenvalue weighted by molar-refractivity contribution is -0.126. The number of carbonyl (C=O) groups is 2. The van der Waals surface area contributed by atoms with E-state index in [0.717, 1.165) is 35.3 Å². The van der Waals surface area contributed by atoms with Crippen molar-refractivity contribution in [2.45, 2.75) is 44.7 Å². The third-order valence-corrected chi connectivity index (χ3v) is 5.17. The first-order valence-corrected chi connectivity index (χ1v) is 9.22. The molecule has 1 N–H and O–H groups in total. The summed E-state index contributed by atoms with van der Waals surface area (Å²) in [5.74, 6) is 0. The Bertz CT molecular complexity index is 781. The van der Waals surface area contributed by atoms with Gasteiger partial charge in [-0.2, -0.15) is 0 Å². The van der Waals surface area contributed by atoms with Crippen LogP contribution in [0.25, 0.3) is 11.3 Å². The molecule has 0 spiro atoms. The zero-order chi connectivity index (χ0) is 19.2. The number of nitrogens with one attached hydrogen (secondary N) is 1. The van der Waals surface area contributed by atoms with Crippen molar-refractivity contribution >= 4 is 18.2 Å². The van der Waals surface area contributed by atoms with E-state index in [1.165, 1.54) is 20.0 Å². The van der Waals surface area contributed by atoms with Gasteiger partial charge >= 0.3 is 6.03 Å². The van der Waals surface area contributed by atoms with Gasteiger partial charge in [-0.1, -0.05) is 12.1 Å². The van der Waals surface area contributed by atoms with E-state index in [1.807, 2.05) is 41.3 Å². The molecule has 0 saturated carbocycles. The molecule has 1 aromatic heterocycles. The number of aromatic nitrogens is 1. The summed E-state index contributed by atoms with van der Waals surface area (Å²) in [6.07, 6.45) is 6.53. The average Bonchev–Trinajstić information content (AvgIpc) is 2.70. The molecule has 2 atom stereocenters. The zero-order valence-electron chi connectivity index (χ0n) is 15.7. The number of pyridine rings is 1. The highest BCUT2D eigenvalue weighted by molar-refractivity contribution is 5.91. The van der Waals surface area contributed by atoms with Gasteiger partial charge < -0.3 is 15.0 Å². The quantitative estimate of drug-likeness (QED) is 0.832. The number of urea groups is 1. The maximum absolute atomic E-state index is 12.5. The Hall–Kier alpha value is -2.89. The molecule has 4 rings (SSSR count). The number of aryl methyl sites for hydroxylation is 1. The summed E-state index contributed by atoms with van der Waals surface area (Å²) in [7, 11) is 1.31. The number of piperidine rings is 1. The number of hydrogen-bond donors (Lipinski definition) is 1. The first kappa shape index (κ1) is 18.9. The highest BCUT2D eigenvalue weighted by Gasteiger charge is 2.44. The molecule has 2 fully saturated rings. The molecule has 0 unspecified atom stereocenters. The Balaban J connectivity index is 0.000000481. The van der Waals surface area contributed by atoms with Crippen molar-refractivity contribution in [3.63, 3.8) is 0 Å². The monoisotopic (exact) mass is 367 g/mol. The molecule has 2 aliphatic heterocycles. The molecule has 2 amide bonds. The van der Waals surface area contributed by atoms with Crippen LogP contribution in [0.1, 0.15) is 31.2 Å². The van der Waals surface area contributed by atoms with E-state index in [4.69, 9.17) is 4.79 Å². The van der Waals surface area contributed by atoms with Crippen LogP contribution in [-0.2, 0) is 9.53 Å². The van der Waals surface area contributed by atoms with Crippen molar-refractivity contribution in [1.82, 2.24) is 9.88 Å². The molecule has 1 aromatic carbocycles. The molecular formula is C21H25N3O3. The number of ether oxygens (including phenoxy) is 1. The molecule has 6 nitrogen and oxygen atoms in total. The Morgan fingerprint density at radius 3 is 2.59 bits per heavy atom. The number of fused-ring (bicyclic) bond motifs is 2. The second-order valence-electron chi connectivity index (χ2n) is 6.89. The Morgan fingerprint density at radius 2 is 2.00 bits per heavy atom. The maximum Gasteiger partial charge on any atom is 0.322 e. The molecule has 2 aromatic rings. The van der Waals surface area contributed by atoms with Crippen molar-refractivity contribution in [2.75, 3.05) is 12.4 Å². The number of benzene rings is 1. The van der Waals surface area contributed by atoms with Crippen LogP contribution in [0, 0.1) is 6.92 Å². The third kappa shape index (κ3) is 4.27. The first-order chi connectivity index (χ1) is 13.1. The van der Waals surface area contributed by atoms with E-state index >= 15 is 0 Å². The standard InChI is InChI=1S/C19H21N3O.C2H4O2/c1-13-8-9-14(11-17(13)18-7-2-3-10-20-18)21-19(23)22-15-5-4-6-16(22)12-15;1-4-2-3/h2-3,7-11,15-16H,4-6,12H2,1H3,(H,21,23);2H,1H3/t15-,16+;. The summed E-state index contributed by atoms with van der Waals surface area (Å²) in [5, 5.41) is 3.07. The molecule has 6 heteroatoms. The minimum atomic E-state index is 0.0433. The van der Waals surface area contributed by atoms with Crippen molar-refractivity contribution in [3.8, 4) is 11.3 Å². The van der Waals surface area contributed by atoms with Gasteiger partial charge in [-0.05, 0) is 62.4 Å². The van der Waals surface area contributed by atoms with Crippen LogP contribution in [0.15, 0.2) is 42.6 Å². The number of methoxy groups -OCH3 is 1.